The summed E-state index contributed by atoms with van der Waals surface area (Å²) in [6.45, 7) is 3.77. The van der Waals surface area contributed by atoms with E-state index in [1.807, 2.05) is 6.92 Å². The average molecular weight is 383 g/mol. The molecule has 2 aliphatic rings. The molecule has 0 unspecified atom stereocenters. The van der Waals surface area contributed by atoms with E-state index in [9.17, 15) is 9.90 Å². The second-order valence-electron chi connectivity index (χ2n) is 7.71. The van der Waals surface area contributed by atoms with Crippen molar-refractivity contribution in [3.8, 4) is 0 Å². The number of amides is 1. The summed E-state index contributed by atoms with van der Waals surface area (Å²) in [6, 6.07) is 5.12. The summed E-state index contributed by atoms with van der Waals surface area (Å²) in [7, 11) is 0. The molecule has 4 rings (SSSR count). The van der Waals surface area contributed by atoms with Gasteiger partial charge < -0.3 is 20.1 Å². The highest BCUT2D eigenvalue weighted by Gasteiger charge is 2.54. The minimum Gasteiger partial charge on any atom is -0.388 e. The Morgan fingerprint density at radius 3 is 2.54 bits per heavy atom. The molecule has 2 aliphatic heterocycles. The van der Waals surface area contributed by atoms with Crippen LogP contribution in [-0.2, 0) is 4.74 Å². The summed E-state index contributed by atoms with van der Waals surface area (Å²) in [5.74, 6) is 0.479. The second-order valence-corrected chi connectivity index (χ2v) is 7.71. The fourth-order valence-electron chi connectivity index (χ4n) is 4.19. The standard InChI is InChI=1S/C20H25N5O3/c1-19(24-16(26)15-3-10-21-11-4-15)7-14-28-20(17(19)27)5-12-25(13-6-20)18-22-8-2-9-23-18/h2-4,8-11,17,27H,5-7,12-14H2,1H3,(H,24,26)/t17-,19+/m1/s1. The Labute approximate surface area is 164 Å². The van der Waals surface area contributed by atoms with Gasteiger partial charge in [0.05, 0.1) is 11.1 Å². The topological polar surface area (TPSA) is 100 Å². The second kappa shape index (κ2) is 7.44. The van der Waals surface area contributed by atoms with Crippen molar-refractivity contribution in [1.82, 2.24) is 20.3 Å². The lowest BCUT2D eigenvalue weighted by Crippen LogP contribution is -2.69. The van der Waals surface area contributed by atoms with Crippen LogP contribution in [0.4, 0.5) is 5.95 Å². The van der Waals surface area contributed by atoms with Crippen molar-refractivity contribution in [2.24, 2.45) is 0 Å². The first-order valence-corrected chi connectivity index (χ1v) is 9.59. The molecule has 148 valence electrons. The summed E-state index contributed by atoms with van der Waals surface area (Å²) < 4.78 is 6.11. The number of aromatic nitrogens is 3. The van der Waals surface area contributed by atoms with Crippen molar-refractivity contribution in [3.63, 3.8) is 0 Å². The minimum atomic E-state index is -0.807. The van der Waals surface area contributed by atoms with E-state index in [1.54, 1.807) is 43.0 Å². The van der Waals surface area contributed by atoms with Crippen molar-refractivity contribution < 1.29 is 14.6 Å². The third-order valence-electron chi connectivity index (χ3n) is 5.90. The quantitative estimate of drug-likeness (QED) is 0.821. The predicted molar refractivity (Wildman–Crippen MR) is 103 cm³/mol. The number of ether oxygens (including phenoxy) is 1. The number of aliphatic hydroxyl groups excluding tert-OH is 1. The lowest BCUT2D eigenvalue weighted by atomic mass is 9.73. The summed E-state index contributed by atoms with van der Waals surface area (Å²) >= 11 is 0. The van der Waals surface area contributed by atoms with Crippen LogP contribution in [0, 0.1) is 0 Å². The van der Waals surface area contributed by atoms with E-state index < -0.39 is 17.2 Å². The molecule has 2 aromatic heterocycles. The normalized spacial score (nSPS) is 26.8. The van der Waals surface area contributed by atoms with Crippen LogP contribution in [0.25, 0.3) is 0 Å². The molecule has 1 spiro atoms. The number of hydrogen-bond donors (Lipinski definition) is 2. The van der Waals surface area contributed by atoms with Crippen LogP contribution in [-0.4, -0.2) is 62.9 Å². The molecule has 8 heteroatoms. The van der Waals surface area contributed by atoms with E-state index in [-0.39, 0.29) is 5.91 Å². The van der Waals surface area contributed by atoms with Gasteiger partial charge in [0.25, 0.3) is 5.91 Å². The number of carbonyl (C=O) groups is 1. The Hall–Kier alpha value is -2.58. The first kappa shape index (κ1) is 18.8. The Morgan fingerprint density at radius 1 is 1.18 bits per heavy atom. The largest absolute Gasteiger partial charge is 0.388 e. The first-order valence-electron chi connectivity index (χ1n) is 9.59. The van der Waals surface area contributed by atoms with Crippen LogP contribution in [0.1, 0.15) is 36.5 Å². The third-order valence-corrected chi connectivity index (χ3v) is 5.90. The van der Waals surface area contributed by atoms with E-state index in [2.05, 4.69) is 25.2 Å². The molecular weight excluding hydrogens is 358 g/mol. The highest BCUT2D eigenvalue weighted by Crippen LogP contribution is 2.40. The summed E-state index contributed by atoms with van der Waals surface area (Å²) in [5, 5.41) is 14.3. The van der Waals surface area contributed by atoms with E-state index in [1.165, 1.54) is 0 Å². The predicted octanol–water partition coefficient (Wildman–Crippen LogP) is 1.18. The van der Waals surface area contributed by atoms with Crippen LogP contribution in [0.3, 0.4) is 0 Å². The van der Waals surface area contributed by atoms with Crippen LogP contribution < -0.4 is 10.2 Å². The van der Waals surface area contributed by atoms with Gasteiger partial charge in [0.2, 0.25) is 5.95 Å². The zero-order chi connectivity index (χ0) is 19.6. The van der Waals surface area contributed by atoms with Crippen LogP contribution >= 0.6 is 0 Å². The number of hydrogen-bond acceptors (Lipinski definition) is 7. The summed E-state index contributed by atoms with van der Waals surface area (Å²) in [4.78, 5) is 27.3. The molecule has 8 nitrogen and oxygen atoms in total. The monoisotopic (exact) mass is 383 g/mol. The molecule has 28 heavy (non-hydrogen) atoms. The van der Waals surface area contributed by atoms with Gasteiger partial charge in [-0.3, -0.25) is 9.78 Å². The molecule has 2 aromatic rings. The van der Waals surface area contributed by atoms with Gasteiger partial charge in [-0.05, 0) is 44.4 Å². The average Bonchev–Trinajstić information content (AvgIpc) is 2.74. The van der Waals surface area contributed by atoms with Crippen LogP contribution in [0.15, 0.2) is 43.0 Å². The van der Waals surface area contributed by atoms with E-state index in [0.29, 0.717) is 50.5 Å². The fraction of sp³-hybridized carbons (Fsp3) is 0.500. The lowest BCUT2D eigenvalue weighted by Gasteiger charge is -2.53. The molecule has 0 aliphatic carbocycles. The van der Waals surface area contributed by atoms with Gasteiger partial charge in [0.1, 0.15) is 6.10 Å². The van der Waals surface area contributed by atoms with Gasteiger partial charge in [-0.25, -0.2) is 9.97 Å². The number of rotatable bonds is 3. The SMILES string of the molecule is C[C@]1(NC(=O)c2ccncc2)CCOC2(CCN(c3ncccn3)CC2)[C@@H]1O. The van der Waals surface area contributed by atoms with E-state index >= 15 is 0 Å². The van der Waals surface area contributed by atoms with Gasteiger partial charge in [-0.2, -0.15) is 0 Å². The molecule has 0 bridgehead atoms. The van der Waals surface area contributed by atoms with Crippen molar-refractivity contribution in [1.29, 1.82) is 0 Å². The van der Waals surface area contributed by atoms with E-state index in [4.69, 9.17) is 4.74 Å². The fourth-order valence-corrected chi connectivity index (χ4v) is 4.19. The zero-order valence-electron chi connectivity index (χ0n) is 15.9. The Bertz CT molecular complexity index is 811. The number of nitrogens with zero attached hydrogens (tertiary/aromatic N) is 4. The summed E-state index contributed by atoms with van der Waals surface area (Å²) in [5.41, 5.74) is -0.909. The van der Waals surface area contributed by atoms with E-state index in [0.717, 1.165) is 0 Å². The molecule has 0 radical (unpaired) electrons. The van der Waals surface area contributed by atoms with Crippen molar-refractivity contribution in [2.75, 3.05) is 24.6 Å². The maximum atomic E-state index is 12.7. The number of anilines is 1. The van der Waals surface area contributed by atoms with Crippen molar-refractivity contribution in [2.45, 2.75) is 43.4 Å². The van der Waals surface area contributed by atoms with Crippen LogP contribution in [0.2, 0.25) is 0 Å². The number of pyridine rings is 1. The number of nitrogens with one attached hydrogen (secondary N) is 1. The van der Waals surface area contributed by atoms with Gasteiger partial charge in [0.15, 0.2) is 0 Å². The van der Waals surface area contributed by atoms with Crippen LogP contribution in [0.5, 0.6) is 0 Å². The Kier molecular flexibility index (Phi) is 4.99. The molecule has 2 N–H and O–H groups in total. The molecule has 0 saturated carbocycles. The third kappa shape index (κ3) is 3.45. The molecule has 2 atom stereocenters. The number of aliphatic hydroxyl groups is 1. The van der Waals surface area contributed by atoms with Gasteiger partial charge in [0, 0.05) is 50.0 Å². The molecule has 0 aromatic carbocycles. The highest BCUT2D eigenvalue weighted by atomic mass is 16.5. The molecular formula is C20H25N5O3. The minimum absolute atomic E-state index is 0.212. The maximum Gasteiger partial charge on any atom is 0.251 e. The molecule has 1 amide bonds. The van der Waals surface area contributed by atoms with Gasteiger partial charge in [-0.1, -0.05) is 0 Å². The number of piperidine rings is 1. The Morgan fingerprint density at radius 2 is 1.86 bits per heavy atom. The maximum absolute atomic E-state index is 12.7. The molecule has 2 saturated heterocycles. The zero-order valence-corrected chi connectivity index (χ0v) is 15.9. The first-order chi connectivity index (χ1) is 13.5. The lowest BCUT2D eigenvalue weighted by molar-refractivity contribution is -0.195. The number of carbonyl (C=O) groups excluding carboxylic acids is 1. The Balaban J connectivity index is 1.47. The van der Waals surface area contributed by atoms with Gasteiger partial charge in [-0.15, -0.1) is 0 Å². The molecule has 2 fully saturated rings. The van der Waals surface area contributed by atoms with Crippen molar-refractivity contribution in [3.05, 3.63) is 48.5 Å². The highest BCUT2D eigenvalue weighted by molar-refractivity contribution is 5.94. The smallest absolute Gasteiger partial charge is 0.251 e. The summed E-state index contributed by atoms with van der Waals surface area (Å²) in [6.07, 6.45) is 7.66. The van der Waals surface area contributed by atoms with Crippen molar-refractivity contribution >= 4 is 11.9 Å². The molecule has 4 heterocycles. The van der Waals surface area contributed by atoms with Gasteiger partial charge >= 0.3 is 0 Å².